The molecule has 1 saturated heterocycles. The molecule has 7 heteroatoms. The Morgan fingerprint density at radius 2 is 1.63 bits per heavy atom. The van der Waals surface area contributed by atoms with Crippen LogP contribution in [-0.4, -0.2) is 31.6 Å². The standard InChI is InChI=1S/C20H18N2O5/c1-26-17-12-14(11-15-18(23)21-20(25)22-19(15)24)7-8-16(17)27-10-9-13-5-3-2-4-6-13/h2-8,11-12H,9-10H2,1H3,(H2,21,22,23,24,25). The average Bonchev–Trinajstić information content (AvgIpc) is 2.66. The minimum Gasteiger partial charge on any atom is -0.493 e. The van der Waals surface area contributed by atoms with Gasteiger partial charge < -0.3 is 9.47 Å². The molecule has 1 aliphatic rings. The van der Waals surface area contributed by atoms with Gasteiger partial charge in [-0.3, -0.25) is 20.2 Å². The van der Waals surface area contributed by atoms with Crippen LogP contribution in [0.4, 0.5) is 4.79 Å². The van der Waals surface area contributed by atoms with Gasteiger partial charge in [0.2, 0.25) is 0 Å². The van der Waals surface area contributed by atoms with E-state index in [0.29, 0.717) is 23.7 Å². The third-order valence-electron chi connectivity index (χ3n) is 3.93. The van der Waals surface area contributed by atoms with E-state index < -0.39 is 17.8 Å². The molecule has 1 aliphatic heterocycles. The quantitative estimate of drug-likeness (QED) is 0.603. The summed E-state index contributed by atoms with van der Waals surface area (Å²) in [5.74, 6) is -0.453. The summed E-state index contributed by atoms with van der Waals surface area (Å²) in [5.41, 5.74) is 1.58. The van der Waals surface area contributed by atoms with Crippen molar-refractivity contribution in [3.05, 3.63) is 65.2 Å². The zero-order valence-corrected chi connectivity index (χ0v) is 14.7. The van der Waals surface area contributed by atoms with Crippen LogP contribution in [0, 0.1) is 0 Å². The first-order valence-corrected chi connectivity index (χ1v) is 8.30. The van der Waals surface area contributed by atoms with Crippen LogP contribution in [0.5, 0.6) is 11.5 Å². The Bertz CT molecular complexity index is 884. The fourth-order valence-corrected chi connectivity index (χ4v) is 2.59. The van der Waals surface area contributed by atoms with E-state index in [1.54, 1.807) is 18.2 Å². The molecular formula is C20H18N2O5. The number of rotatable bonds is 6. The summed E-state index contributed by atoms with van der Waals surface area (Å²) in [6.07, 6.45) is 2.14. The number of ether oxygens (including phenoxy) is 2. The van der Waals surface area contributed by atoms with Crippen molar-refractivity contribution in [2.45, 2.75) is 6.42 Å². The van der Waals surface area contributed by atoms with Crippen LogP contribution in [-0.2, 0) is 16.0 Å². The highest BCUT2D eigenvalue weighted by Gasteiger charge is 2.27. The fourth-order valence-electron chi connectivity index (χ4n) is 2.59. The second-order valence-corrected chi connectivity index (χ2v) is 5.79. The second kappa shape index (κ2) is 8.18. The molecule has 4 amide bonds. The summed E-state index contributed by atoms with van der Waals surface area (Å²) in [7, 11) is 1.51. The minimum atomic E-state index is -0.832. The second-order valence-electron chi connectivity index (χ2n) is 5.79. The maximum absolute atomic E-state index is 11.8. The highest BCUT2D eigenvalue weighted by Crippen LogP contribution is 2.29. The van der Waals surface area contributed by atoms with Crippen LogP contribution in [0.1, 0.15) is 11.1 Å². The average molecular weight is 366 g/mol. The van der Waals surface area contributed by atoms with Crippen LogP contribution in [0.25, 0.3) is 6.08 Å². The van der Waals surface area contributed by atoms with Crippen molar-refractivity contribution in [3.63, 3.8) is 0 Å². The van der Waals surface area contributed by atoms with Crippen molar-refractivity contribution in [2.24, 2.45) is 0 Å². The molecule has 0 aromatic heterocycles. The van der Waals surface area contributed by atoms with Gasteiger partial charge in [0.25, 0.3) is 11.8 Å². The maximum Gasteiger partial charge on any atom is 0.328 e. The highest BCUT2D eigenvalue weighted by atomic mass is 16.5. The predicted molar refractivity (Wildman–Crippen MR) is 98.3 cm³/mol. The van der Waals surface area contributed by atoms with E-state index in [2.05, 4.69) is 0 Å². The van der Waals surface area contributed by atoms with Crippen molar-refractivity contribution < 1.29 is 23.9 Å². The summed E-state index contributed by atoms with van der Waals surface area (Å²) in [6, 6.07) is 14.2. The van der Waals surface area contributed by atoms with E-state index in [1.807, 2.05) is 41.0 Å². The molecule has 0 aliphatic carbocycles. The van der Waals surface area contributed by atoms with E-state index in [0.717, 1.165) is 6.42 Å². The molecule has 0 radical (unpaired) electrons. The molecule has 27 heavy (non-hydrogen) atoms. The molecule has 2 aromatic rings. The Balaban J connectivity index is 1.72. The van der Waals surface area contributed by atoms with E-state index in [9.17, 15) is 14.4 Å². The number of barbiturate groups is 1. The number of carbonyl (C=O) groups is 3. The predicted octanol–water partition coefficient (Wildman–Crippen LogP) is 2.07. The van der Waals surface area contributed by atoms with E-state index >= 15 is 0 Å². The van der Waals surface area contributed by atoms with Gasteiger partial charge in [0.05, 0.1) is 13.7 Å². The lowest BCUT2D eigenvalue weighted by molar-refractivity contribution is -0.123. The van der Waals surface area contributed by atoms with Crippen LogP contribution in [0.15, 0.2) is 54.1 Å². The van der Waals surface area contributed by atoms with E-state index in [1.165, 1.54) is 18.7 Å². The lowest BCUT2D eigenvalue weighted by atomic mass is 10.1. The monoisotopic (exact) mass is 366 g/mol. The number of imide groups is 2. The minimum absolute atomic E-state index is 0.158. The topological polar surface area (TPSA) is 93.7 Å². The summed E-state index contributed by atoms with van der Waals surface area (Å²) >= 11 is 0. The molecule has 3 rings (SSSR count). The Labute approximate surface area is 156 Å². The lowest BCUT2D eigenvalue weighted by Crippen LogP contribution is -2.51. The molecule has 2 aromatic carbocycles. The van der Waals surface area contributed by atoms with Crippen LogP contribution in [0.2, 0.25) is 0 Å². The number of amides is 4. The fraction of sp³-hybridized carbons (Fsp3) is 0.150. The summed E-state index contributed by atoms with van der Waals surface area (Å²) < 4.78 is 11.1. The highest BCUT2D eigenvalue weighted by molar-refractivity contribution is 6.31. The van der Waals surface area contributed by atoms with Gasteiger partial charge in [0.15, 0.2) is 11.5 Å². The maximum atomic E-state index is 11.8. The van der Waals surface area contributed by atoms with Crippen molar-refractivity contribution in [1.82, 2.24) is 10.6 Å². The van der Waals surface area contributed by atoms with E-state index in [-0.39, 0.29) is 5.57 Å². The molecule has 1 fully saturated rings. The normalized spacial score (nSPS) is 13.7. The Hall–Kier alpha value is -3.61. The van der Waals surface area contributed by atoms with Crippen LogP contribution < -0.4 is 20.1 Å². The molecule has 0 spiro atoms. The molecule has 0 unspecified atom stereocenters. The van der Waals surface area contributed by atoms with Crippen LogP contribution >= 0.6 is 0 Å². The first-order valence-electron chi connectivity index (χ1n) is 8.30. The molecule has 0 bridgehead atoms. The summed E-state index contributed by atoms with van der Waals surface area (Å²) in [6.45, 7) is 0.480. The van der Waals surface area contributed by atoms with Gasteiger partial charge in [-0.2, -0.15) is 0 Å². The number of hydrogen-bond acceptors (Lipinski definition) is 5. The van der Waals surface area contributed by atoms with Gasteiger partial charge in [-0.1, -0.05) is 36.4 Å². The lowest BCUT2D eigenvalue weighted by Gasteiger charge is -2.14. The van der Waals surface area contributed by atoms with Gasteiger partial charge in [-0.05, 0) is 29.3 Å². The first kappa shape index (κ1) is 18.2. The van der Waals surface area contributed by atoms with Gasteiger partial charge in [0, 0.05) is 6.42 Å². The number of benzene rings is 2. The third kappa shape index (κ3) is 4.52. The Morgan fingerprint density at radius 1 is 0.926 bits per heavy atom. The number of nitrogens with one attached hydrogen (secondary N) is 2. The molecule has 0 atom stereocenters. The van der Waals surface area contributed by atoms with Crippen molar-refractivity contribution in [3.8, 4) is 11.5 Å². The number of carbonyl (C=O) groups excluding carboxylic acids is 3. The van der Waals surface area contributed by atoms with E-state index in [4.69, 9.17) is 9.47 Å². The molecule has 1 heterocycles. The molecular weight excluding hydrogens is 348 g/mol. The zero-order chi connectivity index (χ0) is 19.2. The molecule has 2 N–H and O–H groups in total. The Morgan fingerprint density at radius 3 is 2.30 bits per heavy atom. The molecule has 7 nitrogen and oxygen atoms in total. The van der Waals surface area contributed by atoms with Gasteiger partial charge in [-0.15, -0.1) is 0 Å². The van der Waals surface area contributed by atoms with Crippen molar-refractivity contribution >= 4 is 23.9 Å². The van der Waals surface area contributed by atoms with Gasteiger partial charge in [-0.25, -0.2) is 4.79 Å². The number of hydrogen-bond donors (Lipinski definition) is 2. The molecule has 0 saturated carbocycles. The largest absolute Gasteiger partial charge is 0.493 e. The first-order chi connectivity index (χ1) is 13.1. The van der Waals surface area contributed by atoms with Crippen molar-refractivity contribution in [1.29, 1.82) is 0 Å². The molecule has 138 valence electrons. The summed E-state index contributed by atoms with van der Waals surface area (Å²) in [5, 5.41) is 4.06. The Kier molecular flexibility index (Phi) is 5.51. The van der Waals surface area contributed by atoms with Gasteiger partial charge >= 0.3 is 6.03 Å². The smallest absolute Gasteiger partial charge is 0.328 e. The third-order valence-corrected chi connectivity index (χ3v) is 3.93. The zero-order valence-electron chi connectivity index (χ0n) is 14.7. The van der Waals surface area contributed by atoms with Crippen molar-refractivity contribution in [2.75, 3.05) is 13.7 Å². The van der Waals surface area contributed by atoms with Crippen LogP contribution in [0.3, 0.4) is 0 Å². The summed E-state index contributed by atoms with van der Waals surface area (Å²) in [4.78, 5) is 34.7. The number of methoxy groups -OCH3 is 1. The SMILES string of the molecule is COc1cc(C=C2C(=O)NC(=O)NC2=O)ccc1OCCc1ccccc1. The van der Waals surface area contributed by atoms with Gasteiger partial charge in [0.1, 0.15) is 5.57 Å². The number of urea groups is 1.